The summed E-state index contributed by atoms with van der Waals surface area (Å²) in [5.74, 6) is 0.314. The number of rotatable bonds is 7. The quantitative estimate of drug-likeness (QED) is 0.614. The van der Waals surface area contributed by atoms with Gasteiger partial charge < -0.3 is 20.3 Å². The second-order valence-electron chi connectivity index (χ2n) is 7.96. The molecule has 0 saturated heterocycles. The van der Waals surface area contributed by atoms with Crippen molar-refractivity contribution in [3.05, 3.63) is 65.9 Å². The molecule has 7 nitrogen and oxygen atoms in total. The van der Waals surface area contributed by atoms with Crippen molar-refractivity contribution in [1.82, 2.24) is 14.4 Å². The Labute approximate surface area is 190 Å². The van der Waals surface area contributed by atoms with Crippen LogP contribution in [0.2, 0.25) is 0 Å². The molecule has 2 aromatic carbocycles. The Morgan fingerprint density at radius 2 is 1.75 bits per heavy atom. The van der Waals surface area contributed by atoms with Gasteiger partial charge in [0.1, 0.15) is 12.3 Å². The van der Waals surface area contributed by atoms with E-state index in [0.717, 1.165) is 35.2 Å². The van der Waals surface area contributed by atoms with Crippen molar-refractivity contribution >= 4 is 22.7 Å². The number of carbonyl (C=O) groups excluding carboxylic acids is 2. The third-order valence-electron chi connectivity index (χ3n) is 5.10. The van der Waals surface area contributed by atoms with E-state index in [2.05, 4.69) is 24.0 Å². The summed E-state index contributed by atoms with van der Waals surface area (Å²) in [6.45, 7) is 2.83. The standard InChI is InChI=1S/C18H26N4O3.C7H8/c1-20(2)8-7-13-11-22(18(24)12-21(3)17(23)10-19)16-6-5-14(25-4)9-15(13)16;1-7-5-3-2-4-6-7/h5-6,9,11H,7-8,10,12,19H2,1-4H3;2-6H,1H3. The zero-order valence-corrected chi connectivity index (χ0v) is 19.7. The number of methoxy groups -OCH3 is 1. The van der Waals surface area contributed by atoms with Gasteiger partial charge in [0.05, 0.1) is 19.2 Å². The molecule has 2 N–H and O–H groups in total. The lowest BCUT2D eigenvalue weighted by atomic mass is 10.1. The fraction of sp³-hybridized carbons (Fsp3) is 0.360. The number of benzene rings is 2. The van der Waals surface area contributed by atoms with Gasteiger partial charge in [-0.05, 0) is 51.2 Å². The van der Waals surface area contributed by atoms with Crippen molar-refractivity contribution in [2.24, 2.45) is 5.73 Å². The second-order valence-corrected chi connectivity index (χ2v) is 7.96. The van der Waals surface area contributed by atoms with Crippen LogP contribution in [0, 0.1) is 6.92 Å². The molecule has 0 saturated carbocycles. The molecule has 0 aliphatic heterocycles. The van der Waals surface area contributed by atoms with Gasteiger partial charge in [0, 0.05) is 25.2 Å². The lowest BCUT2D eigenvalue weighted by molar-refractivity contribution is -0.128. The Morgan fingerprint density at radius 3 is 2.28 bits per heavy atom. The molecule has 3 aromatic rings. The zero-order chi connectivity index (χ0) is 23.7. The molecule has 172 valence electrons. The average Bonchev–Trinajstić information content (AvgIpc) is 3.15. The molecule has 1 heterocycles. The van der Waals surface area contributed by atoms with Crippen molar-refractivity contribution in [2.75, 3.05) is 47.9 Å². The van der Waals surface area contributed by atoms with Crippen molar-refractivity contribution in [2.45, 2.75) is 13.3 Å². The van der Waals surface area contributed by atoms with Crippen LogP contribution in [0.4, 0.5) is 0 Å². The number of nitrogens with two attached hydrogens (primary N) is 1. The fourth-order valence-electron chi connectivity index (χ4n) is 3.21. The minimum atomic E-state index is -0.265. The van der Waals surface area contributed by atoms with Gasteiger partial charge in [-0.3, -0.25) is 14.2 Å². The van der Waals surface area contributed by atoms with E-state index in [1.807, 2.05) is 56.7 Å². The van der Waals surface area contributed by atoms with E-state index in [1.165, 1.54) is 10.5 Å². The maximum absolute atomic E-state index is 12.7. The number of hydrogen-bond acceptors (Lipinski definition) is 5. The van der Waals surface area contributed by atoms with Gasteiger partial charge in [-0.15, -0.1) is 0 Å². The topological polar surface area (TPSA) is 80.8 Å². The number of aryl methyl sites for hydroxylation is 1. The van der Waals surface area contributed by atoms with Crippen LogP contribution in [-0.4, -0.2) is 74.1 Å². The van der Waals surface area contributed by atoms with Crippen LogP contribution >= 0.6 is 0 Å². The summed E-state index contributed by atoms with van der Waals surface area (Å²) in [4.78, 5) is 27.7. The third-order valence-corrected chi connectivity index (χ3v) is 5.10. The van der Waals surface area contributed by atoms with Crippen molar-refractivity contribution in [3.8, 4) is 5.75 Å². The van der Waals surface area contributed by atoms with Gasteiger partial charge in [0.2, 0.25) is 5.91 Å². The molecule has 1 aromatic heterocycles. The Kier molecular flexibility index (Phi) is 9.43. The van der Waals surface area contributed by atoms with Crippen LogP contribution < -0.4 is 10.5 Å². The molecule has 32 heavy (non-hydrogen) atoms. The van der Waals surface area contributed by atoms with Gasteiger partial charge in [0.25, 0.3) is 5.91 Å². The van der Waals surface area contributed by atoms with Crippen LogP contribution in [0.1, 0.15) is 15.9 Å². The molecule has 0 atom stereocenters. The highest BCUT2D eigenvalue weighted by molar-refractivity contribution is 5.97. The van der Waals surface area contributed by atoms with Crippen molar-refractivity contribution in [3.63, 3.8) is 0 Å². The number of carbonyl (C=O) groups is 2. The number of amides is 1. The molecule has 0 fully saturated rings. The second kappa shape index (κ2) is 12.0. The van der Waals surface area contributed by atoms with Crippen LogP contribution in [0.25, 0.3) is 10.9 Å². The van der Waals surface area contributed by atoms with Crippen LogP contribution in [-0.2, 0) is 11.2 Å². The van der Waals surface area contributed by atoms with E-state index in [9.17, 15) is 9.59 Å². The predicted molar refractivity (Wildman–Crippen MR) is 129 cm³/mol. The molecule has 0 aliphatic carbocycles. The van der Waals surface area contributed by atoms with Gasteiger partial charge in [-0.25, -0.2) is 0 Å². The molecular formula is C25H34N4O3. The first-order valence-electron chi connectivity index (χ1n) is 10.6. The normalized spacial score (nSPS) is 10.6. The Hall–Kier alpha value is -3.16. The molecular weight excluding hydrogens is 404 g/mol. The lowest BCUT2D eigenvalue weighted by Crippen LogP contribution is -2.37. The van der Waals surface area contributed by atoms with Crippen LogP contribution in [0.5, 0.6) is 5.75 Å². The summed E-state index contributed by atoms with van der Waals surface area (Å²) in [6.07, 6.45) is 2.67. The molecule has 0 aliphatic rings. The molecule has 1 amide bonds. The maximum atomic E-state index is 12.7. The smallest absolute Gasteiger partial charge is 0.250 e. The molecule has 3 rings (SSSR count). The maximum Gasteiger partial charge on any atom is 0.250 e. The number of hydrogen-bond donors (Lipinski definition) is 1. The van der Waals surface area contributed by atoms with Gasteiger partial charge in [-0.1, -0.05) is 35.9 Å². The number of nitrogens with zero attached hydrogens (tertiary/aromatic N) is 3. The van der Waals surface area contributed by atoms with Gasteiger partial charge in [0.15, 0.2) is 0 Å². The van der Waals surface area contributed by atoms with Crippen LogP contribution in [0.15, 0.2) is 54.7 Å². The minimum absolute atomic E-state index is 0.0149. The average molecular weight is 439 g/mol. The van der Waals surface area contributed by atoms with E-state index < -0.39 is 0 Å². The molecule has 0 unspecified atom stereocenters. The molecule has 0 spiro atoms. The highest BCUT2D eigenvalue weighted by Crippen LogP contribution is 2.26. The lowest BCUT2D eigenvalue weighted by Gasteiger charge is -2.15. The summed E-state index contributed by atoms with van der Waals surface area (Å²) in [5, 5.41) is 0.988. The summed E-state index contributed by atoms with van der Waals surface area (Å²) >= 11 is 0. The highest BCUT2D eigenvalue weighted by Gasteiger charge is 2.17. The number of fused-ring (bicyclic) bond motifs is 1. The molecule has 0 bridgehead atoms. The first-order valence-corrected chi connectivity index (χ1v) is 10.6. The van der Waals surface area contributed by atoms with E-state index >= 15 is 0 Å². The summed E-state index contributed by atoms with van der Waals surface area (Å²) in [6, 6.07) is 15.9. The number of likely N-dealkylation sites (N-methyl/N-ethyl adjacent to an activating group) is 2. The van der Waals surface area contributed by atoms with Crippen molar-refractivity contribution in [1.29, 1.82) is 0 Å². The van der Waals surface area contributed by atoms with E-state index in [0.29, 0.717) is 0 Å². The summed E-state index contributed by atoms with van der Waals surface area (Å²) in [5.41, 5.74) is 8.56. The first-order chi connectivity index (χ1) is 15.3. The first kappa shape index (κ1) is 25.1. The fourth-order valence-corrected chi connectivity index (χ4v) is 3.21. The highest BCUT2D eigenvalue weighted by atomic mass is 16.5. The summed E-state index contributed by atoms with van der Waals surface area (Å²) < 4.78 is 6.92. The predicted octanol–water partition coefficient (Wildman–Crippen LogP) is 2.81. The van der Waals surface area contributed by atoms with Crippen LogP contribution in [0.3, 0.4) is 0 Å². The van der Waals surface area contributed by atoms with Crippen molar-refractivity contribution < 1.29 is 14.3 Å². The Morgan fingerprint density at radius 1 is 1.06 bits per heavy atom. The van der Waals surface area contributed by atoms with E-state index in [4.69, 9.17) is 10.5 Å². The Bertz CT molecular complexity index is 1030. The molecule has 0 radical (unpaired) electrons. The van der Waals surface area contributed by atoms with Gasteiger partial charge in [-0.2, -0.15) is 0 Å². The monoisotopic (exact) mass is 438 g/mol. The van der Waals surface area contributed by atoms with E-state index in [1.54, 1.807) is 18.7 Å². The minimum Gasteiger partial charge on any atom is -0.497 e. The van der Waals surface area contributed by atoms with Gasteiger partial charge >= 0.3 is 0 Å². The number of ether oxygens (including phenoxy) is 1. The third kappa shape index (κ3) is 6.93. The zero-order valence-electron chi connectivity index (χ0n) is 19.7. The largest absolute Gasteiger partial charge is 0.497 e. The molecule has 7 heteroatoms. The number of aromatic nitrogens is 1. The Balaban J connectivity index is 0.000000439. The SMILES string of the molecule is COc1ccc2c(c1)c(CCN(C)C)cn2C(=O)CN(C)C(=O)CN.Cc1ccccc1. The summed E-state index contributed by atoms with van der Waals surface area (Å²) in [7, 11) is 7.22. The van der Waals surface area contributed by atoms with E-state index in [-0.39, 0.29) is 24.9 Å².